The first-order valence-electron chi connectivity index (χ1n) is 9.61. The van der Waals surface area contributed by atoms with Gasteiger partial charge in [0, 0.05) is 26.1 Å². The van der Waals surface area contributed by atoms with Gasteiger partial charge >= 0.3 is 0 Å². The molecule has 0 aliphatic carbocycles. The summed E-state index contributed by atoms with van der Waals surface area (Å²) in [6.07, 6.45) is -0.642. The summed E-state index contributed by atoms with van der Waals surface area (Å²) in [6.45, 7) is 8.64. The van der Waals surface area contributed by atoms with Gasteiger partial charge in [-0.3, -0.25) is 4.79 Å². The quantitative estimate of drug-likeness (QED) is 0.322. The largest absolute Gasteiger partial charge is 0.479 e. The highest BCUT2D eigenvalue weighted by Gasteiger charge is 2.28. The van der Waals surface area contributed by atoms with Crippen molar-refractivity contribution >= 4 is 44.0 Å². The molecule has 1 atom stereocenters. The van der Waals surface area contributed by atoms with E-state index < -0.39 is 21.4 Å². The van der Waals surface area contributed by atoms with Gasteiger partial charge in [0.25, 0.3) is 0 Å². The predicted molar refractivity (Wildman–Crippen MR) is 120 cm³/mol. The SMILES string of the molecule is CCOC(=S)SC(CC(=O)CCS(=O)(=O)c1ccc(C)cc1)C(OCC)OCC. The molecule has 0 aliphatic rings. The van der Waals surface area contributed by atoms with Crippen LogP contribution in [0.2, 0.25) is 0 Å². The van der Waals surface area contributed by atoms with E-state index >= 15 is 0 Å². The zero-order valence-electron chi connectivity index (χ0n) is 17.4. The Morgan fingerprint density at radius 1 is 1.07 bits per heavy atom. The second-order valence-corrected chi connectivity index (χ2v) is 10.2. The highest BCUT2D eigenvalue weighted by Crippen LogP contribution is 2.25. The van der Waals surface area contributed by atoms with Crippen molar-refractivity contribution in [3.8, 4) is 0 Å². The Hall–Kier alpha value is -1.00. The molecule has 0 aliphatic heterocycles. The molecule has 164 valence electrons. The lowest BCUT2D eigenvalue weighted by atomic mass is 10.1. The molecule has 0 aromatic heterocycles. The van der Waals surface area contributed by atoms with Crippen LogP contribution in [-0.4, -0.2) is 55.7 Å². The van der Waals surface area contributed by atoms with Crippen molar-refractivity contribution in [1.82, 2.24) is 0 Å². The normalized spacial score (nSPS) is 12.7. The third-order valence-electron chi connectivity index (χ3n) is 3.93. The summed E-state index contributed by atoms with van der Waals surface area (Å²) in [7, 11) is -3.52. The number of carbonyl (C=O) groups excluding carboxylic acids is 1. The van der Waals surface area contributed by atoms with Crippen LogP contribution in [0.1, 0.15) is 39.2 Å². The van der Waals surface area contributed by atoms with Crippen LogP contribution in [-0.2, 0) is 28.8 Å². The molecule has 1 rings (SSSR count). The molecule has 9 heteroatoms. The van der Waals surface area contributed by atoms with Crippen molar-refractivity contribution in [3.05, 3.63) is 29.8 Å². The van der Waals surface area contributed by atoms with Gasteiger partial charge in [-0.05, 0) is 52.0 Å². The van der Waals surface area contributed by atoms with Crippen molar-refractivity contribution in [2.45, 2.75) is 57.0 Å². The average molecular weight is 463 g/mol. The average Bonchev–Trinajstić information content (AvgIpc) is 2.66. The maximum atomic E-state index is 12.6. The van der Waals surface area contributed by atoms with E-state index in [0.717, 1.165) is 5.56 Å². The fraction of sp³-hybridized carbons (Fsp3) is 0.600. The van der Waals surface area contributed by atoms with Gasteiger partial charge in [-0.25, -0.2) is 8.42 Å². The van der Waals surface area contributed by atoms with E-state index in [-0.39, 0.29) is 29.3 Å². The maximum absolute atomic E-state index is 12.6. The Kier molecular flexibility index (Phi) is 12.0. The van der Waals surface area contributed by atoms with E-state index in [1.54, 1.807) is 24.3 Å². The Balaban J connectivity index is 2.79. The van der Waals surface area contributed by atoms with Gasteiger partial charge in [0.05, 0.1) is 22.5 Å². The van der Waals surface area contributed by atoms with Crippen LogP contribution in [0, 0.1) is 6.92 Å². The highest BCUT2D eigenvalue weighted by molar-refractivity contribution is 8.23. The number of hydrogen-bond donors (Lipinski definition) is 0. The number of ketones is 1. The van der Waals surface area contributed by atoms with Crippen LogP contribution in [0.4, 0.5) is 0 Å². The van der Waals surface area contributed by atoms with Crippen molar-refractivity contribution in [1.29, 1.82) is 0 Å². The summed E-state index contributed by atoms with van der Waals surface area (Å²) >= 11 is 6.40. The van der Waals surface area contributed by atoms with Crippen molar-refractivity contribution in [3.63, 3.8) is 0 Å². The van der Waals surface area contributed by atoms with Gasteiger partial charge < -0.3 is 14.2 Å². The lowest BCUT2D eigenvalue weighted by Gasteiger charge is -2.25. The minimum absolute atomic E-state index is 0.0754. The molecule has 0 saturated carbocycles. The molecule has 1 aromatic carbocycles. The van der Waals surface area contributed by atoms with E-state index in [2.05, 4.69) is 0 Å². The fourth-order valence-corrected chi connectivity index (χ4v) is 5.24. The second-order valence-electron chi connectivity index (χ2n) is 6.24. The number of sulfone groups is 1. The Labute approximate surface area is 183 Å². The number of Topliss-reactive ketones (excluding diaryl/α,β-unsaturated/α-hetero) is 1. The molecule has 0 heterocycles. The van der Waals surface area contributed by atoms with Gasteiger partial charge in [0.1, 0.15) is 5.78 Å². The summed E-state index contributed by atoms with van der Waals surface area (Å²) in [5.74, 6) is -0.433. The summed E-state index contributed by atoms with van der Waals surface area (Å²) < 4.78 is 41.8. The topological polar surface area (TPSA) is 78.9 Å². The zero-order chi connectivity index (χ0) is 21.9. The molecule has 0 bridgehead atoms. The third kappa shape index (κ3) is 9.57. The first-order chi connectivity index (χ1) is 13.7. The van der Waals surface area contributed by atoms with E-state index in [1.807, 2.05) is 27.7 Å². The summed E-state index contributed by atoms with van der Waals surface area (Å²) in [6, 6.07) is 6.61. The first kappa shape index (κ1) is 26.0. The first-order valence-corrected chi connectivity index (χ1v) is 12.5. The number of ether oxygens (including phenoxy) is 3. The molecule has 0 saturated heterocycles. The molecule has 0 fully saturated rings. The smallest absolute Gasteiger partial charge is 0.220 e. The molecule has 6 nitrogen and oxygen atoms in total. The molecule has 29 heavy (non-hydrogen) atoms. The van der Waals surface area contributed by atoms with Gasteiger partial charge in [0.2, 0.25) is 4.38 Å². The van der Waals surface area contributed by atoms with Crippen LogP contribution >= 0.6 is 24.0 Å². The molecular formula is C20H30O6S3. The fourth-order valence-electron chi connectivity index (χ4n) is 2.50. The van der Waals surface area contributed by atoms with Crippen LogP contribution in [0.5, 0.6) is 0 Å². The zero-order valence-corrected chi connectivity index (χ0v) is 19.8. The molecule has 0 N–H and O–H groups in total. The third-order valence-corrected chi connectivity index (χ3v) is 7.07. The van der Waals surface area contributed by atoms with Crippen LogP contribution in [0.25, 0.3) is 0 Å². The summed E-state index contributed by atoms with van der Waals surface area (Å²) in [5, 5.41) is -0.413. The standard InChI is InChI=1S/C20H30O6S3/c1-5-24-19(25-6-2)18(28-20(27)26-7-3)14-16(21)12-13-29(22,23)17-10-8-15(4)9-11-17/h8-11,18-19H,5-7,12-14H2,1-4H3. The Morgan fingerprint density at radius 2 is 1.66 bits per heavy atom. The van der Waals surface area contributed by atoms with E-state index in [9.17, 15) is 13.2 Å². The molecule has 0 amide bonds. The Bertz CT molecular complexity index is 740. The van der Waals surface area contributed by atoms with Gasteiger partial charge in [-0.1, -0.05) is 29.5 Å². The maximum Gasteiger partial charge on any atom is 0.220 e. The van der Waals surface area contributed by atoms with Crippen LogP contribution in [0.3, 0.4) is 0 Å². The lowest BCUT2D eigenvalue weighted by molar-refractivity contribution is -0.141. The number of benzene rings is 1. The lowest BCUT2D eigenvalue weighted by Crippen LogP contribution is -2.33. The molecule has 0 spiro atoms. The molecule has 0 radical (unpaired) electrons. The number of rotatable bonds is 13. The van der Waals surface area contributed by atoms with Crippen molar-refractivity contribution < 1.29 is 27.4 Å². The number of carbonyl (C=O) groups is 1. The summed E-state index contributed by atoms with van der Waals surface area (Å²) in [4.78, 5) is 12.8. The second kappa shape index (κ2) is 13.3. The number of thioether (sulfide) groups is 1. The predicted octanol–water partition coefficient (Wildman–Crippen LogP) is 3.94. The van der Waals surface area contributed by atoms with E-state index in [4.69, 9.17) is 26.4 Å². The van der Waals surface area contributed by atoms with Crippen molar-refractivity contribution in [2.75, 3.05) is 25.6 Å². The molecule has 1 aromatic rings. The number of aryl methyl sites for hydroxylation is 1. The van der Waals surface area contributed by atoms with E-state index in [1.165, 1.54) is 11.8 Å². The van der Waals surface area contributed by atoms with Crippen molar-refractivity contribution in [2.24, 2.45) is 0 Å². The van der Waals surface area contributed by atoms with Crippen LogP contribution < -0.4 is 0 Å². The van der Waals surface area contributed by atoms with Crippen LogP contribution in [0.15, 0.2) is 29.2 Å². The monoisotopic (exact) mass is 462 g/mol. The number of thiocarbonyl (C=S) groups is 1. The Morgan fingerprint density at radius 3 is 2.17 bits per heavy atom. The highest BCUT2D eigenvalue weighted by atomic mass is 32.2. The summed E-state index contributed by atoms with van der Waals surface area (Å²) in [5.41, 5.74) is 0.975. The minimum Gasteiger partial charge on any atom is -0.479 e. The van der Waals surface area contributed by atoms with E-state index in [0.29, 0.717) is 24.2 Å². The molecule has 1 unspecified atom stereocenters. The molecular weight excluding hydrogens is 432 g/mol. The van der Waals surface area contributed by atoms with Gasteiger partial charge in [-0.2, -0.15) is 0 Å². The van der Waals surface area contributed by atoms with Gasteiger partial charge in [0.15, 0.2) is 16.1 Å². The van der Waals surface area contributed by atoms with Gasteiger partial charge in [-0.15, -0.1) is 0 Å². The minimum atomic E-state index is -3.52. The number of hydrogen-bond acceptors (Lipinski definition) is 8.